The van der Waals surface area contributed by atoms with E-state index >= 15 is 0 Å². The van der Waals surface area contributed by atoms with Crippen molar-refractivity contribution in [2.75, 3.05) is 5.32 Å². The number of ether oxygens (including phenoxy) is 1. The Morgan fingerprint density at radius 1 is 1.27 bits per heavy atom. The summed E-state index contributed by atoms with van der Waals surface area (Å²) in [6.07, 6.45) is 0.147. The number of esters is 1. The second-order valence-electron chi connectivity index (χ2n) is 6.94. The van der Waals surface area contributed by atoms with E-state index in [0.29, 0.717) is 22.5 Å². The van der Waals surface area contributed by atoms with Crippen LogP contribution in [-0.4, -0.2) is 33.0 Å². The lowest BCUT2D eigenvalue weighted by atomic mass is 10.1. The van der Waals surface area contributed by atoms with Crippen molar-refractivity contribution in [3.63, 3.8) is 0 Å². The normalized spacial score (nSPS) is 11.8. The summed E-state index contributed by atoms with van der Waals surface area (Å²) in [6, 6.07) is 7.59. The van der Waals surface area contributed by atoms with Gasteiger partial charge in [-0.1, -0.05) is 5.16 Å². The van der Waals surface area contributed by atoms with Crippen molar-refractivity contribution in [3.8, 4) is 11.5 Å². The Hall–Kier alpha value is -4.61. The van der Waals surface area contributed by atoms with Crippen LogP contribution in [0.3, 0.4) is 0 Å². The van der Waals surface area contributed by atoms with E-state index in [0.717, 1.165) is 18.2 Å². The molecule has 0 radical (unpaired) electrons. The van der Waals surface area contributed by atoms with Crippen molar-refractivity contribution in [3.05, 3.63) is 69.9 Å². The quantitative estimate of drug-likeness (QED) is 0.259. The summed E-state index contributed by atoms with van der Waals surface area (Å²) in [6.45, 7) is 2.94. The van der Waals surface area contributed by atoms with Crippen molar-refractivity contribution in [2.24, 2.45) is 0 Å². The molecular formula is C21H15FN4O7. The lowest BCUT2D eigenvalue weighted by molar-refractivity contribution is -0.387. The number of aryl methyl sites for hydroxylation is 1. The van der Waals surface area contributed by atoms with Gasteiger partial charge in [-0.3, -0.25) is 14.9 Å². The molecule has 0 saturated carbocycles. The molecule has 33 heavy (non-hydrogen) atoms. The number of carbonyl (C=O) groups is 2. The zero-order valence-corrected chi connectivity index (χ0v) is 17.2. The molecule has 3 heterocycles. The fourth-order valence-electron chi connectivity index (χ4n) is 3.06. The number of furan rings is 1. The number of hydrogen-bond donors (Lipinski definition) is 1. The third-order valence-electron chi connectivity index (χ3n) is 4.67. The molecule has 0 fully saturated rings. The Kier molecular flexibility index (Phi) is 5.56. The van der Waals surface area contributed by atoms with E-state index in [9.17, 15) is 24.1 Å². The van der Waals surface area contributed by atoms with Gasteiger partial charge in [0.2, 0.25) is 5.82 Å². The number of halogens is 1. The first-order valence-corrected chi connectivity index (χ1v) is 9.51. The number of nitrogens with zero attached hydrogens (tertiary/aromatic N) is 3. The fraction of sp³-hybridized carbons (Fsp3) is 0.143. The van der Waals surface area contributed by atoms with Gasteiger partial charge in [0, 0.05) is 11.8 Å². The van der Waals surface area contributed by atoms with Gasteiger partial charge in [-0.25, -0.2) is 9.78 Å². The molecule has 4 rings (SSSR count). The van der Waals surface area contributed by atoms with Crippen molar-refractivity contribution in [1.29, 1.82) is 0 Å². The second-order valence-corrected chi connectivity index (χ2v) is 6.94. The number of benzene rings is 1. The van der Waals surface area contributed by atoms with Gasteiger partial charge < -0.3 is 19.0 Å². The zero-order valence-electron chi connectivity index (χ0n) is 17.2. The van der Waals surface area contributed by atoms with Gasteiger partial charge in [-0.15, -0.1) is 0 Å². The largest absolute Gasteiger partial charge is 0.463 e. The van der Waals surface area contributed by atoms with Crippen molar-refractivity contribution >= 4 is 34.4 Å². The molecule has 1 N–H and O–H groups in total. The van der Waals surface area contributed by atoms with Crippen LogP contribution < -0.4 is 5.32 Å². The monoisotopic (exact) mass is 454 g/mol. The molecule has 12 heteroatoms. The Morgan fingerprint density at radius 2 is 2.06 bits per heavy atom. The van der Waals surface area contributed by atoms with Crippen LogP contribution in [0.4, 0.5) is 15.8 Å². The first kappa shape index (κ1) is 21.6. The number of carbonyl (C=O) groups excluding carboxylic acids is 2. The minimum Gasteiger partial charge on any atom is -0.463 e. The van der Waals surface area contributed by atoms with Gasteiger partial charge >= 0.3 is 11.7 Å². The number of pyridine rings is 1. The van der Waals surface area contributed by atoms with Crippen LogP contribution >= 0.6 is 0 Å². The minimum atomic E-state index is -1.29. The molecular weight excluding hydrogens is 439 g/mol. The van der Waals surface area contributed by atoms with Gasteiger partial charge in [0.25, 0.3) is 11.6 Å². The van der Waals surface area contributed by atoms with Crippen LogP contribution in [0.5, 0.6) is 0 Å². The highest BCUT2D eigenvalue weighted by atomic mass is 19.1. The number of nitro benzene ring substituents is 1. The van der Waals surface area contributed by atoms with E-state index in [1.54, 1.807) is 19.1 Å². The highest BCUT2D eigenvalue weighted by molar-refractivity contribution is 6.05. The number of amides is 1. The molecule has 0 aliphatic rings. The zero-order chi connectivity index (χ0) is 23.7. The molecule has 0 saturated heterocycles. The first-order chi connectivity index (χ1) is 15.7. The summed E-state index contributed by atoms with van der Waals surface area (Å²) in [7, 11) is 0. The Bertz CT molecular complexity index is 1380. The molecule has 1 aromatic carbocycles. The second kappa shape index (κ2) is 8.49. The molecule has 1 amide bonds. The van der Waals surface area contributed by atoms with Crippen LogP contribution in [0.25, 0.3) is 22.6 Å². The maximum absolute atomic E-state index is 13.5. The molecule has 0 aliphatic carbocycles. The van der Waals surface area contributed by atoms with Crippen molar-refractivity contribution in [1.82, 2.24) is 10.1 Å². The van der Waals surface area contributed by atoms with E-state index in [-0.39, 0.29) is 17.0 Å². The smallest absolute Gasteiger partial charge is 0.339 e. The molecule has 0 aliphatic heterocycles. The minimum absolute atomic E-state index is 0.0303. The Morgan fingerprint density at radius 3 is 2.76 bits per heavy atom. The van der Waals surface area contributed by atoms with Gasteiger partial charge in [0.1, 0.15) is 5.69 Å². The van der Waals surface area contributed by atoms with E-state index < -0.39 is 34.4 Å². The SMILES string of the molecule is Cc1noc2nc(-c3ccco3)cc(C(=O)OC(C)C(=O)Nc3ccc(F)c([N+](=O)[O-])c3)c12. The number of hydrogen-bond acceptors (Lipinski definition) is 9. The molecule has 168 valence electrons. The van der Waals surface area contributed by atoms with Gasteiger partial charge in [0.15, 0.2) is 11.9 Å². The standard InChI is InChI=1S/C21H15FN4O7/c1-10-18-13(9-15(17-4-3-7-31-17)24-20(18)33-25-10)21(28)32-11(2)19(27)23-12-5-6-14(22)16(8-12)26(29)30/h3-9,11H,1-2H3,(H,23,27). The Labute approximate surface area is 184 Å². The Balaban J connectivity index is 1.57. The summed E-state index contributed by atoms with van der Waals surface area (Å²) in [4.78, 5) is 39.6. The van der Waals surface area contributed by atoms with Gasteiger partial charge in [-0.05, 0) is 44.2 Å². The van der Waals surface area contributed by atoms with Crippen molar-refractivity contribution < 1.29 is 32.6 Å². The highest BCUT2D eigenvalue weighted by Gasteiger charge is 2.25. The maximum atomic E-state index is 13.5. The molecule has 1 unspecified atom stereocenters. The molecule has 0 bridgehead atoms. The summed E-state index contributed by atoms with van der Waals surface area (Å²) >= 11 is 0. The average Bonchev–Trinajstić information content (AvgIpc) is 3.44. The predicted octanol–water partition coefficient (Wildman–Crippen LogP) is 4.02. The summed E-state index contributed by atoms with van der Waals surface area (Å²) < 4.78 is 29.3. The van der Waals surface area contributed by atoms with Gasteiger partial charge in [-0.2, -0.15) is 4.39 Å². The van der Waals surface area contributed by atoms with E-state index in [2.05, 4.69) is 15.5 Å². The third-order valence-corrected chi connectivity index (χ3v) is 4.67. The number of rotatable bonds is 6. The molecule has 1 atom stereocenters. The van der Waals surface area contributed by atoms with E-state index in [4.69, 9.17) is 13.7 Å². The first-order valence-electron chi connectivity index (χ1n) is 9.51. The summed E-state index contributed by atoms with van der Waals surface area (Å²) in [5.74, 6) is -2.29. The van der Waals surface area contributed by atoms with E-state index in [1.165, 1.54) is 19.3 Å². The molecule has 0 spiro atoms. The lowest BCUT2D eigenvalue weighted by Gasteiger charge is -2.14. The van der Waals surface area contributed by atoms with Crippen LogP contribution in [0.15, 0.2) is 51.6 Å². The lowest BCUT2D eigenvalue weighted by Crippen LogP contribution is -2.30. The summed E-state index contributed by atoms with van der Waals surface area (Å²) in [5.41, 5.74) is 0.00564. The number of aromatic nitrogens is 2. The molecule has 3 aromatic heterocycles. The van der Waals surface area contributed by atoms with Gasteiger partial charge in [0.05, 0.1) is 27.8 Å². The van der Waals surface area contributed by atoms with Crippen LogP contribution in [0, 0.1) is 22.9 Å². The summed E-state index contributed by atoms with van der Waals surface area (Å²) in [5, 5.41) is 17.4. The maximum Gasteiger partial charge on any atom is 0.339 e. The fourth-order valence-corrected chi connectivity index (χ4v) is 3.06. The number of anilines is 1. The predicted molar refractivity (Wildman–Crippen MR) is 111 cm³/mol. The molecule has 4 aromatic rings. The van der Waals surface area contributed by atoms with Crippen LogP contribution in [0.1, 0.15) is 23.0 Å². The van der Waals surface area contributed by atoms with Crippen LogP contribution in [-0.2, 0) is 9.53 Å². The third kappa shape index (κ3) is 4.26. The number of fused-ring (bicyclic) bond motifs is 1. The van der Waals surface area contributed by atoms with Crippen LogP contribution in [0.2, 0.25) is 0 Å². The number of nitro groups is 1. The number of nitrogens with one attached hydrogen (secondary N) is 1. The topological polar surface area (TPSA) is 151 Å². The van der Waals surface area contributed by atoms with Crippen molar-refractivity contribution in [2.45, 2.75) is 20.0 Å². The average molecular weight is 454 g/mol. The van der Waals surface area contributed by atoms with E-state index in [1.807, 2.05) is 0 Å². The highest BCUT2D eigenvalue weighted by Crippen LogP contribution is 2.28. The molecule has 11 nitrogen and oxygen atoms in total.